The van der Waals surface area contributed by atoms with Crippen LogP contribution in [0.3, 0.4) is 0 Å². The molecule has 2 aromatic rings. The summed E-state index contributed by atoms with van der Waals surface area (Å²) in [7, 11) is 0. The molecule has 0 unspecified atom stereocenters. The van der Waals surface area contributed by atoms with Crippen LogP contribution in [0.4, 0.5) is 5.69 Å². The average Bonchev–Trinajstić information content (AvgIpc) is 2.87. The number of halogens is 1. The van der Waals surface area contributed by atoms with E-state index in [1.165, 1.54) is 20.6 Å². The highest BCUT2D eigenvalue weighted by Gasteiger charge is 2.03. The third-order valence-electron chi connectivity index (χ3n) is 3.37. The third kappa shape index (κ3) is 4.08. The zero-order valence-corrected chi connectivity index (χ0v) is 14.4. The quantitative estimate of drug-likeness (QED) is 0.780. The summed E-state index contributed by atoms with van der Waals surface area (Å²) in [5.41, 5.74) is 2.63. The van der Waals surface area contributed by atoms with E-state index >= 15 is 0 Å². The summed E-state index contributed by atoms with van der Waals surface area (Å²) in [6, 6.07) is 10.9. The first-order valence-corrected chi connectivity index (χ1v) is 8.68. The van der Waals surface area contributed by atoms with E-state index in [2.05, 4.69) is 75.7 Å². The van der Waals surface area contributed by atoms with Gasteiger partial charge >= 0.3 is 0 Å². The molecule has 1 aromatic carbocycles. The van der Waals surface area contributed by atoms with Crippen molar-refractivity contribution < 1.29 is 0 Å². The Morgan fingerprint density at radius 1 is 1.05 bits per heavy atom. The Hall–Kier alpha value is -0.840. The fourth-order valence-electron chi connectivity index (χ4n) is 2.18. The molecule has 2 rings (SSSR count). The van der Waals surface area contributed by atoms with Crippen molar-refractivity contribution in [3.63, 3.8) is 0 Å². The second kappa shape index (κ2) is 7.81. The molecular formula is C16H21BrN2S. The van der Waals surface area contributed by atoms with Crippen LogP contribution in [0, 0.1) is 0 Å². The van der Waals surface area contributed by atoms with E-state index in [1.807, 2.05) is 0 Å². The predicted octanol–water partition coefficient (Wildman–Crippen LogP) is 4.65. The smallest absolute Gasteiger partial charge is 0.0366 e. The molecule has 0 spiro atoms. The fraction of sp³-hybridized carbons (Fsp3) is 0.375. The van der Waals surface area contributed by atoms with Crippen LogP contribution in [0.5, 0.6) is 0 Å². The van der Waals surface area contributed by atoms with E-state index in [0.29, 0.717) is 0 Å². The van der Waals surface area contributed by atoms with Crippen LogP contribution >= 0.6 is 27.3 Å². The van der Waals surface area contributed by atoms with E-state index in [0.717, 1.165) is 26.2 Å². The Morgan fingerprint density at radius 3 is 2.30 bits per heavy atom. The van der Waals surface area contributed by atoms with Gasteiger partial charge < -0.3 is 10.2 Å². The number of nitrogens with zero attached hydrogens (tertiary/aromatic N) is 1. The lowest BCUT2D eigenvalue weighted by atomic mass is 10.2. The molecule has 1 N–H and O–H groups in total. The maximum atomic E-state index is 3.56. The summed E-state index contributed by atoms with van der Waals surface area (Å²) >= 11 is 5.34. The molecule has 0 aliphatic heterocycles. The van der Waals surface area contributed by atoms with Gasteiger partial charge in [-0.1, -0.05) is 12.1 Å². The van der Waals surface area contributed by atoms with Gasteiger partial charge in [-0.25, -0.2) is 0 Å². The largest absolute Gasteiger partial charge is 0.372 e. The first kappa shape index (κ1) is 15.5. The summed E-state index contributed by atoms with van der Waals surface area (Å²) in [5.74, 6) is 0. The summed E-state index contributed by atoms with van der Waals surface area (Å²) in [6.45, 7) is 8.32. The van der Waals surface area contributed by atoms with Gasteiger partial charge in [0, 0.05) is 41.2 Å². The molecule has 2 nitrogen and oxygen atoms in total. The minimum absolute atomic E-state index is 0.906. The van der Waals surface area contributed by atoms with Crippen LogP contribution < -0.4 is 10.2 Å². The molecular weight excluding hydrogens is 332 g/mol. The van der Waals surface area contributed by atoms with E-state index in [4.69, 9.17) is 0 Å². The van der Waals surface area contributed by atoms with Crippen LogP contribution in [0.1, 0.15) is 24.3 Å². The molecule has 1 heterocycles. The molecule has 0 bridgehead atoms. The average molecular weight is 353 g/mol. The number of hydrogen-bond acceptors (Lipinski definition) is 3. The molecule has 0 saturated carbocycles. The van der Waals surface area contributed by atoms with E-state index in [-0.39, 0.29) is 0 Å². The van der Waals surface area contributed by atoms with Gasteiger partial charge in [0.15, 0.2) is 0 Å². The maximum absolute atomic E-state index is 3.56. The highest BCUT2D eigenvalue weighted by atomic mass is 79.9. The van der Waals surface area contributed by atoms with Crippen molar-refractivity contribution in [1.82, 2.24) is 5.32 Å². The Balaban J connectivity index is 1.86. The van der Waals surface area contributed by atoms with Crippen molar-refractivity contribution in [1.29, 1.82) is 0 Å². The van der Waals surface area contributed by atoms with Gasteiger partial charge in [-0.3, -0.25) is 0 Å². The maximum Gasteiger partial charge on any atom is 0.0366 e. The minimum Gasteiger partial charge on any atom is -0.372 e. The third-order valence-corrected chi connectivity index (χ3v) is 5.30. The van der Waals surface area contributed by atoms with Crippen LogP contribution in [0.15, 0.2) is 40.2 Å². The lowest BCUT2D eigenvalue weighted by Gasteiger charge is -2.21. The first-order chi connectivity index (χ1) is 9.74. The van der Waals surface area contributed by atoms with Gasteiger partial charge in [0.2, 0.25) is 0 Å². The van der Waals surface area contributed by atoms with Gasteiger partial charge in [-0.15, -0.1) is 11.3 Å². The summed E-state index contributed by atoms with van der Waals surface area (Å²) in [4.78, 5) is 3.71. The molecule has 0 fully saturated rings. The highest BCUT2D eigenvalue weighted by molar-refractivity contribution is 9.10. The number of benzene rings is 1. The zero-order valence-electron chi connectivity index (χ0n) is 12.0. The van der Waals surface area contributed by atoms with Crippen LogP contribution in [-0.2, 0) is 13.1 Å². The Labute approximate surface area is 133 Å². The number of rotatable bonds is 7. The number of thiophene rings is 1. The lowest BCUT2D eigenvalue weighted by molar-refractivity contribution is 0.699. The molecule has 0 saturated heterocycles. The zero-order chi connectivity index (χ0) is 14.4. The molecule has 108 valence electrons. The van der Waals surface area contributed by atoms with Crippen LogP contribution in [-0.4, -0.2) is 13.1 Å². The van der Waals surface area contributed by atoms with Gasteiger partial charge in [-0.2, -0.15) is 0 Å². The molecule has 0 radical (unpaired) electrons. The van der Waals surface area contributed by atoms with Gasteiger partial charge in [0.1, 0.15) is 0 Å². The second-order valence-corrected chi connectivity index (χ2v) is 6.49. The van der Waals surface area contributed by atoms with Crippen molar-refractivity contribution in [3.8, 4) is 0 Å². The van der Waals surface area contributed by atoms with E-state index in [9.17, 15) is 0 Å². The second-order valence-electron chi connectivity index (χ2n) is 4.63. The predicted molar refractivity (Wildman–Crippen MR) is 92.6 cm³/mol. The van der Waals surface area contributed by atoms with Crippen molar-refractivity contribution in [2.45, 2.75) is 26.9 Å². The lowest BCUT2D eigenvalue weighted by Crippen LogP contribution is -2.21. The first-order valence-electron chi connectivity index (χ1n) is 7.01. The van der Waals surface area contributed by atoms with E-state index < -0.39 is 0 Å². The normalized spacial score (nSPS) is 10.8. The molecule has 0 aliphatic carbocycles. The Bertz CT molecular complexity index is 518. The Morgan fingerprint density at radius 2 is 1.75 bits per heavy atom. The van der Waals surface area contributed by atoms with Crippen LogP contribution in [0.2, 0.25) is 0 Å². The molecule has 0 atom stereocenters. The Kier molecular flexibility index (Phi) is 6.07. The molecule has 0 amide bonds. The standard InChI is InChI=1S/C16H21BrN2S/c1-3-19(4-2)14-7-5-13(6-8-14)11-18-12-16-15(17)9-10-20-16/h5-10,18H,3-4,11-12H2,1-2H3. The van der Waals surface area contributed by atoms with E-state index in [1.54, 1.807) is 11.3 Å². The molecule has 4 heteroatoms. The fourth-order valence-corrected chi connectivity index (χ4v) is 3.65. The SMILES string of the molecule is CCN(CC)c1ccc(CNCc2sccc2Br)cc1. The molecule has 0 aliphatic rings. The number of anilines is 1. The number of nitrogens with one attached hydrogen (secondary N) is 1. The van der Waals surface area contributed by atoms with Crippen LogP contribution in [0.25, 0.3) is 0 Å². The van der Waals surface area contributed by atoms with Crippen molar-refractivity contribution >= 4 is 33.0 Å². The summed E-state index contributed by atoms with van der Waals surface area (Å²) < 4.78 is 1.20. The molecule has 20 heavy (non-hydrogen) atoms. The van der Waals surface area contributed by atoms with Crippen molar-refractivity contribution in [3.05, 3.63) is 50.6 Å². The van der Waals surface area contributed by atoms with Gasteiger partial charge in [0.05, 0.1) is 0 Å². The summed E-state index contributed by atoms with van der Waals surface area (Å²) in [6.07, 6.45) is 0. The van der Waals surface area contributed by atoms with Gasteiger partial charge in [-0.05, 0) is 58.9 Å². The van der Waals surface area contributed by atoms with Crippen molar-refractivity contribution in [2.75, 3.05) is 18.0 Å². The topological polar surface area (TPSA) is 15.3 Å². The summed E-state index contributed by atoms with van der Waals surface area (Å²) in [5, 5.41) is 5.60. The van der Waals surface area contributed by atoms with Gasteiger partial charge in [0.25, 0.3) is 0 Å². The molecule has 1 aromatic heterocycles. The monoisotopic (exact) mass is 352 g/mol. The van der Waals surface area contributed by atoms with Crippen molar-refractivity contribution in [2.24, 2.45) is 0 Å². The number of hydrogen-bond donors (Lipinski definition) is 1. The highest BCUT2D eigenvalue weighted by Crippen LogP contribution is 2.22. The minimum atomic E-state index is 0.906.